The highest BCUT2D eigenvalue weighted by atomic mass is 35.5. The molecule has 0 aromatic carbocycles. The number of aryl methyl sites for hydroxylation is 2. The maximum atomic E-state index is 5.97. The van der Waals surface area contributed by atoms with E-state index < -0.39 is 0 Å². The molecular weight excluding hydrogens is 190 g/mol. The van der Waals surface area contributed by atoms with Crippen molar-refractivity contribution in [2.45, 2.75) is 32.2 Å². The van der Waals surface area contributed by atoms with Crippen molar-refractivity contribution in [2.24, 2.45) is 5.73 Å². The van der Waals surface area contributed by atoms with Crippen molar-refractivity contribution in [3.05, 3.63) is 21.4 Å². The highest BCUT2D eigenvalue weighted by molar-refractivity contribution is 7.12. The predicted octanol–water partition coefficient (Wildman–Crippen LogP) is 2.81. The van der Waals surface area contributed by atoms with Gasteiger partial charge in [0.15, 0.2) is 0 Å². The zero-order chi connectivity index (χ0) is 7.84. The first-order valence-corrected chi connectivity index (χ1v) is 4.94. The van der Waals surface area contributed by atoms with Crippen LogP contribution in [0.1, 0.15) is 34.2 Å². The third-order valence-corrected chi connectivity index (χ3v) is 3.41. The summed E-state index contributed by atoms with van der Waals surface area (Å²) in [6, 6.07) is 2.58. The van der Waals surface area contributed by atoms with Crippen LogP contribution in [0.3, 0.4) is 0 Å². The zero-order valence-corrected chi connectivity index (χ0v) is 8.80. The first kappa shape index (κ1) is 10.0. The molecular formula is C9H14ClNS. The molecule has 1 heterocycles. The summed E-state index contributed by atoms with van der Waals surface area (Å²) in [4.78, 5) is 2.94. The summed E-state index contributed by atoms with van der Waals surface area (Å²) in [6.07, 6.45) is 3.69. The maximum absolute atomic E-state index is 5.97. The Hall–Kier alpha value is -0.0500. The van der Waals surface area contributed by atoms with Crippen LogP contribution in [0.4, 0.5) is 0 Å². The number of thiophene rings is 1. The molecule has 1 nitrogen and oxygen atoms in total. The van der Waals surface area contributed by atoms with Crippen molar-refractivity contribution < 1.29 is 0 Å². The summed E-state index contributed by atoms with van der Waals surface area (Å²) >= 11 is 1.91. The second-order valence-corrected chi connectivity index (χ2v) is 4.58. The Kier molecular flexibility index (Phi) is 3.16. The Morgan fingerprint density at radius 3 is 3.00 bits per heavy atom. The van der Waals surface area contributed by atoms with Crippen LogP contribution in [0, 0.1) is 6.92 Å². The van der Waals surface area contributed by atoms with Gasteiger partial charge in [-0.2, -0.15) is 0 Å². The van der Waals surface area contributed by atoms with Crippen molar-refractivity contribution in [2.75, 3.05) is 0 Å². The van der Waals surface area contributed by atoms with E-state index in [4.69, 9.17) is 5.73 Å². The molecule has 3 heteroatoms. The van der Waals surface area contributed by atoms with E-state index in [2.05, 4.69) is 13.0 Å². The highest BCUT2D eigenvalue weighted by Gasteiger charge is 2.18. The smallest absolute Gasteiger partial charge is 0.0306 e. The lowest BCUT2D eigenvalue weighted by molar-refractivity contribution is 0.578. The number of hydrogen-bond acceptors (Lipinski definition) is 2. The number of hydrogen-bond donors (Lipinski definition) is 1. The third-order valence-electron chi connectivity index (χ3n) is 2.28. The summed E-state index contributed by atoms with van der Waals surface area (Å²) in [5.41, 5.74) is 7.38. The summed E-state index contributed by atoms with van der Waals surface area (Å²) in [6.45, 7) is 2.16. The molecule has 1 aromatic heterocycles. The monoisotopic (exact) mass is 203 g/mol. The first-order chi connectivity index (χ1) is 5.27. The fraction of sp³-hybridized carbons (Fsp3) is 0.556. The van der Waals surface area contributed by atoms with Gasteiger partial charge in [-0.25, -0.2) is 0 Å². The normalized spacial score (nSPS) is 21.3. The van der Waals surface area contributed by atoms with Crippen molar-refractivity contribution in [3.8, 4) is 0 Å². The molecule has 0 saturated heterocycles. The molecule has 0 spiro atoms. The van der Waals surface area contributed by atoms with Gasteiger partial charge in [-0.1, -0.05) is 0 Å². The molecule has 2 N–H and O–H groups in total. The van der Waals surface area contributed by atoms with E-state index >= 15 is 0 Å². The largest absolute Gasteiger partial charge is 0.324 e. The van der Waals surface area contributed by atoms with E-state index in [0.717, 1.165) is 0 Å². The molecule has 1 aromatic rings. The molecule has 1 atom stereocenters. The van der Waals surface area contributed by atoms with Gasteiger partial charge in [0, 0.05) is 15.8 Å². The SMILES string of the molecule is Cc1cc2c(s1)CCCC2N.Cl. The first-order valence-electron chi connectivity index (χ1n) is 4.12. The van der Waals surface area contributed by atoms with Crippen molar-refractivity contribution in [3.63, 3.8) is 0 Å². The summed E-state index contributed by atoms with van der Waals surface area (Å²) < 4.78 is 0. The summed E-state index contributed by atoms with van der Waals surface area (Å²) in [7, 11) is 0. The molecule has 0 saturated carbocycles. The quantitative estimate of drug-likeness (QED) is 0.690. The summed E-state index contributed by atoms with van der Waals surface area (Å²) in [5.74, 6) is 0. The molecule has 2 rings (SSSR count). The minimum absolute atomic E-state index is 0. The number of rotatable bonds is 0. The van der Waals surface area contributed by atoms with E-state index in [0.29, 0.717) is 6.04 Å². The average molecular weight is 204 g/mol. The van der Waals surface area contributed by atoms with Crippen LogP contribution in [-0.2, 0) is 6.42 Å². The van der Waals surface area contributed by atoms with Gasteiger partial charge in [0.2, 0.25) is 0 Å². The van der Waals surface area contributed by atoms with Crippen LogP contribution in [0.25, 0.3) is 0 Å². The Morgan fingerprint density at radius 1 is 1.58 bits per heavy atom. The second kappa shape index (κ2) is 3.77. The minimum atomic E-state index is 0. The Balaban J connectivity index is 0.000000720. The molecule has 1 aliphatic carbocycles. The fourth-order valence-corrected chi connectivity index (χ4v) is 2.88. The molecule has 0 bridgehead atoms. The van der Waals surface area contributed by atoms with Gasteiger partial charge >= 0.3 is 0 Å². The lowest BCUT2D eigenvalue weighted by Gasteiger charge is -2.17. The minimum Gasteiger partial charge on any atom is -0.324 e. The maximum Gasteiger partial charge on any atom is 0.0306 e. The standard InChI is InChI=1S/C9H13NS.ClH/c1-6-5-7-8(10)3-2-4-9(7)11-6;/h5,8H,2-4,10H2,1H3;1H. The Labute approximate surface area is 83.4 Å². The molecule has 1 aliphatic rings. The van der Waals surface area contributed by atoms with Crippen LogP contribution in [0.2, 0.25) is 0 Å². The van der Waals surface area contributed by atoms with Crippen LogP contribution in [0.5, 0.6) is 0 Å². The summed E-state index contributed by atoms with van der Waals surface area (Å²) in [5, 5.41) is 0. The van der Waals surface area contributed by atoms with Crippen LogP contribution >= 0.6 is 23.7 Å². The van der Waals surface area contributed by atoms with E-state index in [1.807, 2.05) is 11.3 Å². The number of nitrogens with two attached hydrogens (primary N) is 1. The molecule has 0 radical (unpaired) electrons. The number of halogens is 1. The molecule has 68 valence electrons. The van der Waals surface area contributed by atoms with E-state index in [-0.39, 0.29) is 12.4 Å². The molecule has 0 amide bonds. The van der Waals surface area contributed by atoms with Crippen molar-refractivity contribution in [1.29, 1.82) is 0 Å². The van der Waals surface area contributed by atoms with E-state index in [1.165, 1.54) is 34.6 Å². The predicted molar refractivity (Wildman–Crippen MR) is 56.2 cm³/mol. The lowest BCUT2D eigenvalue weighted by atomic mass is 9.95. The molecule has 1 unspecified atom stereocenters. The highest BCUT2D eigenvalue weighted by Crippen LogP contribution is 2.33. The lowest BCUT2D eigenvalue weighted by Crippen LogP contribution is -2.14. The van der Waals surface area contributed by atoms with Gasteiger partial charge in [0.05, 0.1) is 0 Å². The van der Waals surface area contributed by atoms with Gasteiger partial charge in [0.25, 0.3) is 0 Å². The van der Waals surface area contributed by atoms with Gasteiger partial charge in [-0.15, -0.1) is 23.7 Å². The molecule has 0 aliphatic heterocycles. The van der Waals surface area contributed by atoms with Gasteiger partial charge in [-0.05, 0) is 37.8 Å². The van der Waals surface area contributed by atoms with E-state index in [1.54, 1.807) is 0 Å². The molecule has 0 fully saturated rings. The Morgan fingerprint density at radius 2 is 2.33 bits per heavy atom. The van der Waals surface area contributed by atoms with Gasteiger partial charge in [0.1, 0.15) is 0 Å². The van der Waals surface area contributed by atoms with Crippen molar-refractivity contribution in [1.82, 2.24) is 0 Å². The van der Waals surface area contributed by atoms with E-state index in [9.17, 15) is 0 Å². The Bertz CT molecular complexity index is 269. The average Bonchev–Trinajstić information content (AvgIpc) is 2.31. The van der Waals surface area contributed by atoms with Crippen molar-refractivity contribution >= 4 is 23.7 Å². The molecule has 12 heavy (non-hydrogen) atoms. The fourth-order valence-electron chi connectivity index (χ4n) is 1.73. The topological polar surface area (TPSA) is 26.0 Å². The second-order valence-electron chi connectivity index (χ2n) is 3.23. The number of fused-ring (bicyclic) bond motifs is 1. The van der Waals surface area contributed by atoms with Gasteiger partial charge < -0.3 is 5.73 Å². The van der Waals surface area contributed by atoms with Crippen LogP contribution < -0.4 is 5.73 Å². The van der Waals surface area contributed by atoms with Crippen LogP contribution in [-0.4, -0.2) is 0 Å². The zero-order valence-electron chi connectivity index (χ0n) is 7.17. The van der Waals surface area contributed by atoms with Gasteiger partial charge in [-0.3, -0.25) is 0 Å². The third kappa shape index (κ3) is 1.65. The van der Waals surface area contributed by atoms with Crippen LogP contribution in [0.15, 0.2) is 6.07 Å².